The van der Waals surface area contributed by atoms with Gasteiger partial charge in [-0.1, -0.05) is 6.07 Å². The van der Waals surface area contributed by atoms with E-state index in [0.717, 1.165) is 0 Å². The number of carbonyl (C=O) groups is 1. The van der Waals surface area contributed by atoms with Crippen LogP contribution in [-0.4, -0.2) is 12.6 Å². The van der Waals surface area contributed by atoms with Crippen LogP contribution >= 0.6 is 0 Å². The largest absolute Gasteiger partial charge is 0.460 e. The van der Waals surface area contributed by atoms with Crippen molar-refractivity contribution >= 4 is 22.6 Å². The van der Waals surface area contributed by atoms with E-state index in [9.17, 15) is 9.18 Å². The molecule has 2 N–H and O–H groups in total. The molecule has 1 aromatic carbocycles. The Morgan fingerprint density at radius 3 is 2.94 bits per heavy atom. The second-order valence-electron chi connectivity index (χ2n) is 3.18. The van der Waals surface area contributed by atoms with Gasteiger partial charge in [0, 0.05) is 0 Å². The maximum Gasteiger partial charge on any atom is 0.376 e. The summed E-state index contributed by atoms with van der Waals surface area (Å²) in [5, 5.41) is 0.116. The van der Waals surface area contributed by atoms with E-state index in [1.807, 2.05) is 0 Å². The standard InChI is InChI=1S/C11H10FNO3/c1-2-15-11(14)10-9(13)8-6(12)4-3-5-7(8)16-10/h3-5H,2,13H2,1H3. The van der Waals surface area contributed by atoms with Gasteiger partial charge < -0.3 is 14.9 Å². The number of halogens is 1. The van der Waals surface area contributed by atoms with Crippen LogP contribution in [0.4, 0.5) is 10.1 Å². The Kier molecular flexibility index (Phi) is 2.52. The Balaban J connectivity index is 2.61. The SMILES string of the molecule is CCOC(=O)c1oc2cccc(F)c2c1N. The number of fused-ring (bicyclic) bond motifs is 1. The van der Waals surface area contributed by atoms with E-state index in [1.54, 1.807) is 6.92 Å². The predicted octanol–water partition coefficient (Wildman–Crippen LogP) is 2.33. The lowest BCUT2D eigenvalue weighted by atomic mass is 10.2. The Hall–Kier alpha value is -2.04. The molecule has 0 saturated carbocycles. The van der Waals surface area contributed by atoms with Gasteiger partial charge in [0.1, 0.15) is 11.4 Å². The van der Waals surface area contributed by atoms with Gasteiger partial charge in [-0.05, 0) is 19.1 Å². The van der Waals surface area contributed by atoms with Crippen molar-refractivity contribution in [2.75, 3.05) is 12.3 Å². The number of hydrogen-bond donors (Lipinski definition) is 1. The number of nitrogen functional groups attached to an aromatic ring is 1. The first-order chi connectivity index (χ1) is 7.65. The van der Waals surface area contributed by atoms with Crippen LogP contribution in [0.5, 0.6) is 0 Å². The Morgan fingerprint density at radius 1 is 1.56 bits per heavy atom. The minimum Gasteiger partial charge on any atom is -0.460 e. The normalized spacial score (nSPS) is 10.6. The molecule has 16 heavy (non-hydrogen) atoms. The quantitative estimate of drug-likeness (QED) is 0.793. The second kappa shape index (κ2) is 3.84. The number of furan rings is 1. The summed E-state index contributed by atoms with van der Waals surface area (Å²) in [4.78, 5) is 11.4. The number of benzene rings is 1. The van der Waals surface area contributed by atoms with Gasteiger partial charge in [0.05, 0.1) is 17.7 Å². The molecule has 0 atom stereocenters. The predicted molar refractivity (Wildman–Crippen MR) is 56.5 cm³/mol. The van der Waals surface area contributed by atoms with Crippen LogP contribution in [0.3, 0.4) is 0 Å². The van der Waals surface area contributed by atoms with Gasteiger partial charge in [0.2, 0.25) is 5.76 Å². The summed E-state index contributed by atoms with van der Waals surface area (Å²) in [5.74, 6) is -1.35. The van der Waals surface area contributed by atoms with Crippen molar-refractivity contribution in [2.45, 2.75) is 6.92 Å². The zero-order valence-corrected chi connectivity index (χ0v) is 8.62. The van der Waals surface area contributed by atoms with Crippen molar-refractivity contribution in [3.8, 4) is 0 Å². The molecule has 0 aliphatic carbocycles. The van der Waals surface area contributed by atoms with E-state index in [4.69, 9.17) is 14.9 Å². The zero-order valence-electron chi connectivity index (χ0n) is 8.62. The fourth-order valence-electron chi connectivity index (χ4n) is 1.48. The van der Waals surface area contributed by atoms with Crippen molar-refractivity contribution in [3.05, 3.63) is 29.8 Å². The maximum atomic E-state index is 13.4. The lowest BCUT2D eigenvalue weighted by molar-refractivity contribution is 0.0494. The Morgan fingerprint density at radius 2 is 2.31 bits per heavy atom. The highest BCUT2D eigenvalue weighted by Gasteiger charge is 2.21. The number of ether oxygens (including phenoxy) is 1. The topological polar surface area (TPSA) is 65.5 Å². The summed E-state index contributed by atoms with van der Waals surface area (Å²) in [6.45, 7) is 1.87. The molecule has 0 amide bonds. The maximum absolute atomic E-state index is 13.4. The van der Waals surface area contributed by atoms with Crippen LogP contribution in [0.15, 0.2) is 22.6 Å². The van der Waals surface area contributed by atoms with Gasteiger partial charge in [0.25, 0.3) is 0 Å². The number of anilines is 1. The molecular weight excluding hydrogens is 213 g/mol. The minimum atomic E-state index is -0.685. The first-order valence-corrected chi connectivity index (χ1v) is 4.78. The van der Waals surface area contributed by atoms with E-state index in [-0.39, 0.29) is 29.0 Å². The van der Waals surface area contributed by atoms with Crippen molar-refractivity contribution in [3.63, 3.8) is 0 Å². The molecule has 0 aliphatic heterocycles. The smallest absolute Gasteiger partial charge is 0.376 e. The molecule has 0 unspecified atom stereocenters. The molecule has 0 aliphatic rings. The van der Waals surface area contributed by atoms with E-state index >= 15 is 0 Å². The minimum absolute atomic E-state index is 0.0217. The third-order valence-electron chi connectivity index (χ3n) is 2.16. The summed E-state index contributed by atoms with van der Waals surface area (Å²) < 4.78 is 23.3. The molecule has 0 spiro atoms. The van der Waals surface area contributed by atoms with Gasteiger partial charge in [0.15, 0.2) is 0 Å². The summed E-state index contributed by atoms with van der Waals surface area (Å²) in [7, 11) is 0. The average Bonchev–Trinajstić information content (AvgIpc) is 2.58. The van der Waals surface area contributed by atoms with Gasteiger partial charge in [-0.2, -0.15) is 0 Å². The van der Waals surface area contributed by atoms with Crippen molar-refractivity contribution in [2.24, 2.45) is 0 Å². The molecule has 0 saturated heterocycles. The highest BCUT2D eigenvalue weighted by molar-refractivity contribution is 6.03. The van der Waals surface area contributed by atoms with E-state index < -0.39 is 11.8 Å². The third kappa shape index (κ3) is 1.50. The van der Waals surface area contributed by atoms with Crippen LogP contribution in [0, 0.1) is 5.82 Å². The lowest BCUT2D eigenvalue weighted by Crippen LogP contribution is -2.05. The van der Waals surface area contributed by atoms with Crippen molar-refractivity contribution in [1.82, 2.24) is 0 Å². The number of carbonyl (C=O) groups excluding carboxylic acids is 1. The molecule has 5 heteroatoms. The van der Waals surface area contributed by atoms with E-state index in [2.05, 4.69) is 0 Å². The molecule has 0 fully saturated rings. The average molecular weight is 223 g/mol. The van der Waals surface area contributed by atoms with Gasteiger partial charge >= 0.3 is 5.97 Å². The van der Waals surface area contributed by atoms with Crippen LogP contribution in [0.25, 0.3) is 11.0 Å². The number of hydrogen-bond acceptors (Lipinski definition) is 4. The first kappa shape index (κ1) is 10.5. The van der Waals surface area contributed by atoms with Crippen molar-refractivity contribution in [1.29, 1.82) is 0 Å². The van der Waals surface area contributed by atoms with Gasteiger partial charge in [-0.15, -0.1) is 0 Å². The first-order valence-electron chi connectivity index (χ1n) is 4.78. The Labute approximate surface area is 90.8 Å². The Bertz CT molecular complexity index is 547. The monoisotopic (exact) mass is 223 g/mol. The highest BCUT2D eigenvalue weighted by atomic mass is 19.1. The summed E-state index contributed by atoms with van der Waals surface area (Å²) in [6, 6.07) is 4.27. The summed E-state index contributed by atoms with van der Waals surface area (Å²) in [5.41, 5.74) is 5.85. The van der Waals surface area contributed by atoms with E-state index in [0.29, 0.717) is 0 Å². The number of nitrogens with two attached hydrogens (primary N) is 1. The van der Waals surface area contributed by atoms with Crippen LogP contribution in [0.1, 0.15) is 17.5 Å². The molecule has 1 aromatic heterocycles. The molecule has 0 radical (unpaired) electrons. The second-order valence-corrected chi connectivity index (χ2v) is 3.18. The van der Waals surface area contributed by atoms with Crippen LogP contribution < -0.4 is 5.73 Å². The molecular formula is C11H10FNO3. The molecule has 2 rings (SSSR count). The van der Waals surface area contributed by atoms with Gasteiger partial charge in [-0.3, -0.25) is 0 Å². The molecule has 4 nitrogen and oxygen atoms in total. The number of esters is 1. The zero-order chi connectivity index (χ0) is 11.7. The van der Waals surface area contributed by atoms with E-state index in [1.165, 1.54) is 18.2 Å². The fraction of sp³-hybridized carbons (Fsp3) is 0.182. The lowest BCUT2D eigenvalue weighted by Gasteiger charge is -1.97. The van der Waals surface area contributed by atoms with Crippen LogP contribution in [0.2, 0.25) is 0 Å². The highest BCUT2D eigenvalue weighted by Crippen LogP contribution is 2.30. The van der Waals surface area contributed by atoms with Gasteiger partial charge in [-0.25, -0.2) is 9.18 Å². The summed E-state index contributed by atoms with van der Waals surface area (Å²) >= 11 is 0. The van der Waals surface area contributed by atoms with Crippen LogP contribution in [-0.2, 0) is 4.74 Å². The van der Waals surface area contributed by atoms with Crippen molar-refractivity contribution < 1.29 is 18.3 Å². The molecule has 0 bridgehead atoms. The number of rotatable bonds is 2. The third-order valence-corrected chi connectivity index (χ3v) is 2.16. The fourth-order valence-corrected chi connectivity index (χ4v) is 1.48. The molecule has 1 heterocycles. The molecule has 84 valence electrons. The molecule has 2 aromatic rings. The summed E-state index contributed by atoms with van der Waals surface area (Å²) in [6.07, 6.45) is 0.